The van der Waals surface area contributed by atoms with Gasteiger partial charge in [-0.2, -0.15) is 5.26 Å². The number of benzene rings is 1. The zero-order chi connectivity index (χ0) is 13.7. The van der Waals surface area contributed by atoms with Gasteiger partial charge in [-0.1, -0.05) is 12.1 Å². The van der Waals surface area contributed by atoms with Gasteiger partial charge in [0.1, 0.15) is 5.92 Å². The number of hydrogen-bond donors (Lipinski definition) is 1. The molecule has 1 aromatic carbocycles. The standard InChI is InChI=1S/C12H13N3O3/c1-8(6-13)12(16)14-7-10-4-3-5-11(9(10)2)15(17)18/h3-5,8H,7H2,1-2H3,(H,14,16). The van der Waals surface area contributed by atoms with Gasteiger partial charge in [0, 0.05) is 18.2 Å². The predicted molar refractivity (Wildman–Crippen MR) is 64.5 cm³/mol. The van der Waals surface area contributed by atoms with Crippen molar-refractivity contribution < 1.29 is 9.72 Å². The summed E-state index contributed by atoms with van der Waals surface area (Å²) in [5.41, 5.74) is 1.21. The van der Waals surface area contributed by atoms with Gasteiger partial charge in [0.15, 0.2) is 0 Å². The Kier molecular flexibility index (Phi) is 4.38. The number of nitro groups is 1. The van der Waals surface area contributed by atoms with Crippen molar-refractivity contribution in [1.29, 1.82) is 5.26 Å². The summed E-state index contributed by atoms with van der Waals surface area (Å²) < 4.78 is 0. The van der Waals surface area contributed by atoms with E-state index < -0.39 is 10.8 Å². The highest BCUT2D eigenvalue weighted by molar-refractivity contribution is 5.80. The Morgan fingerprint density at radius 1 is 1.61 bits per heavy atom. The number of amides is 1. The van der Waals surface area contributed by atoms with Gasteiger partial charge in [-0.15, -0.1) is 0 Å². The van der Waals surface area contributed by atoms with Crippen LogP contribution in [0.1, 0.15) is 18.1 Å². The molecule has 18 heavy (non-hydrogen) atoms. The van der Waals surface area contributed by atoms with Crippen LogP contribution in [0.2, 0.25) is 0 Å². The number of hydrogen-bond acceptors (Lipinski definition) is 4. The van der Waals surface area contributed by atoms with E-state index in [1.807, 2.05) is 6.07 Å². The second-order valence-corrected chi connectivity index (χ2v) is 3.89. The second kappa shape index (κ2) is 5.77. The molecule has 0 aliphatic heterocycles. The fourth-order valence-electron chi connectivity index (χ4n) is 1.45. The van der Waals surface area contributed by atoms with Crippen LogP contribution in [0, 0.1) is 34.3 Å². The molecule has 0 fully saturated rings. The van der Waals surface area contributed by atoms with Gasteiger partial charge >= 0.3 is 0 Å². The van der Waals surface area contributed by atoms with E-state index in [1.54, 1.807) is 19.1 Å². The summed E-state index contributed by atoms with van der Waals surface area (Å²) in [4.78, 5) is 21.7. The monoisotopic (exact) mass is 247 g/mol. The van der Waals surface area contributed by atoms with Gasteiger partial charge in [0.05, 0.1) is 11.0 Å². The van der Waals surface area contributed by atoms with Crippen molar-refractivity contribution in [1.82, 2.24) is 5.32 Å². The van der Waals surface area contributed by atoms with Gasteiger partial charge in [0.2, 0.25) is 5.91 Å². The topological polar surface area (TPSA) is 96.0 Å². The van der Waals surface area contributed by atoms with Crippen LogP contribution in [0.5, 0.6) is 0 Å². The highest BCUT2D eigenvalue weighted by atomic mass is 16.6. The quantitative estimate of drug-likeness (QED) is 0.646. The largest absolute Gasteiger partial charge is 0.351 e. The lowest BCUT2D eigenvalue weighted by atomic mass is 10.1. The van der Waals surface area contributed by atoms with Gasteiger partial charge in [-0.05, 0) is 19.4 Å². The van der Waals surface area contributed by atoms with Crippen molar-refractivity contribution in [2.75, 3.05) is 0 Å². The van der Waals surface area contributed by atoms with Crippen LogP contribution < -0.4 is 5.32 Å². The highest BCUT2D eigenvalue weighted by Crippen LogP contribution is 2.20. The average Bonchev–Trinajstić information content (AvgIpc) is 2.35. The molecule has 1 atom stereocenters. The minimum Gasteiger partial charge on any atom is -0.351 e. The van der Waals surface area contributed by atoms with Crippen LogP contribution in [0.4, 0.5) is 5.69 Å². The van der Waals surface area contributed by atoms with Crippen molar-refractivity contribution in [3.05, 3.63) is 39.4 Å². The van der Waals surface area contributed by atoms with Crippen LogP contribution in [0.3, 0.4) is 0 Å². The first kappa shape index (κ1) is 13.6. The SMILES string of the molecule is Cc1c(CNC(=O)C(C)C#N)cccc1[N+](=O)[O-]. The Labute approximate surface area is 104 Å². The summed E-state index contributed by atoms with van der Waals surface area (Å²) in [6.07, 6.45) is 0. The van der Waals surface area contributed by atoms with Crippen LogP contribution in [-0.2, 0) is 11.3 Å². The summed E-state index contributed by atoms with van der Waals surface area (Å²) in [6, 6.07) is 6.52. The molecule has 6 heteroatoms. The van der Waals surface area contributed by atoms with Crippen LogP contribution in [0.25, 0.3) is 0 Å². The molecular formula is C12H13N3O3. The molecule has 94 valence electrons. The van der Waals surface area contributed by atoms with Crippen LogP contribution >= 0.6 is 0 Å². The number of nitriles is 1. The number of rotatable bonds is 4. The van der Waals surface area contributed by atoms with Crippen molar-refractivity contribution in [3.63, 3.8) is 0 Å². The molecule has 1 rings (SSSR count). The molecule has 6 nitrogen and oxygen atoms in total. The van der Waals surface area contributed by atoms with E-state index in [-0.39, 0.29) is 18.1 Å². The minimum atomic E-state index is -0.732. The summed E-state index contributed by atoms with van der Waals surface area (Å²) in [7, 11) is 0. The van der Waals surface area contributed by atoms with Crippen molar-refractivity contribution in [3.8, 4) is 6.07 Å². The fraction of sp³-hybridized carbons (Fsp3) is 0.333. The molecule has 0 aromatic heterocycles. The number of carbonyl (C=O) groups excluding carboxylic acids is 1. The zero-order valence-electron chi connectivity index (χ0n) is 10.1. The van der Waals surface area contributed by atoms with Crippen LogP contribution in [0.15, 0.2) is 18.2 Å². The first-order valence-electron chi connectivity index (χ1n) is 5.37. The summed E-state index contributed by atoms with van der Waals surface area (Å²) in [5.74, 6) is -1.12. The first-order valence-corrected chi connectivity index (χ1v) is 5.37. The normalized spacial score (nSPS) is 11.4. The molecule has 1 amide bonds. The maximum absolute atomic E-state index is 11.4. The zero-order valence-corrected chi connectivity index (χ0v) is 10.1. The molecule has 1 N–H and O–H groups in total. The second-order valence-electron chi connectivity index (χ2n) is 3.89. The van der Waals surface area contributed by atoms with Gasteiger partial charge in [-0.3, -0.25) is 14.9 Å². The molecule has 0 saturated carbocycles. The first-order chi connectivity index (χ1) is 8.47. The third kappa shape index (κ3) is 3.04. The number of nitro benzene ring substituents is 1. The molecule has 0 aliphatic rings. The molecular weight excluding hydrogens is 234 g/mol. The molecule has 0 heterocycles. The fourth-order valence-corrected chi connectivity index (χ4v) is 1.45. The third-order valence-corrected chi connectivity index (χ3v) is 2.65. The molecule has 0 aliphatic carbocycles. The van der Waals surface area contributed by atoms with E-state index in [9.17, 15) is 14.9 Å². The molecule has 1 aromatic rings. The lowest BCUT2D eigenvalue weighted by molar-refractivity contribution is -0.385. The molecule has 0 bridgehead atoms. The maximum atomic E-state index is 11.4. The van der Waals surface area contributed by atoms with E-state index in [1.165, 1.54) is 13.0 Å². The summed E-state index contributed by atoms with van der Waals surface area (Å²) in [6.45, 7) is 3.31. The molecule has 0 saturated heterocycles. The lowest BCUT2D eigenvalue weighted by Gasteiger charge is -2.08. The number of carbonyl (C=O) groups is 1. The molecule has 0 radical (unpaired) electrons. The molecule has 0 spiro atoms. The van der Waals surface area contributed by atoms with Crippen molar-refractivity contribution in [2.45, 2.75) is 20.4 Å². The number of nitrogens with one attached hydrogen (secondary N) is 1. The van der Waals surface area contributed by atoms with Gasteiger partial charge < -0.3 is 5.32 Å². The summed E-state index contributed by atoms with van der Waals surface area (Å²) >= 11 is 0. The smallest absolute Gasteiger partial charge is 0.272 e. The van der Waals surface area contributed by atoms with E-state index in [4.69, 9.17) is 5.26 Å². The average molecular weight is 247 g/mol. The highest BCUT2D eigenvalue weighted by Gasteiger charge is 2.15. The minimum absolute atomic E-state index is 0.0232. The van der Waals surface area contributed by atoms with Crippen molar-refractivity contribution >= 4 is 11.6 Å². The van der Waals surface area contributed by atoms with E-state index in [0.29, 0.717) is 11.1 Å². The van der Waals surface area contributed by atoms with E-state index in [2.05, 4.69) is 5.32 Å². The maximum Gasteiger partial charge on any atom is 0.272 e. The Morgan fingerprint density at radius 2 is 2.28 bits per heavy atom. The van der Waals surface area contributed by atoms with Gasteiger partial charge in [-0.25, -0.2) is 0 Å². The Balaban J connectivity index is 2.81. The Morgan fingerprint density at radius 3 is 2.83 bits per heavy atom. The van der Waals surface area contributed by atoms with Crippen molar-refractivity contribution in [2.24, 2.45) is 5.92 Å². The predicted octanol–water partition coefficient (Wildman–Crippen LogP) is 1.68. The molecule has 1 unspecified atom stereocenters. The Bertz CT molecular complexity index is 520. The number of nitrogens with zero attached hydrogens (tertiary/aromatic N) is 2. The lowest BCUT2D eigenvalue weighted by Crippen LogP contribution is -2.28. The van der Waals surface area contributed by atoms with Gasteiger partial charge in [0.25, 0.3) is 5.69 Å². The van der Waals surface area contributed by atoms with Crippen LogP contribution in [-0.4, -0.2) is 10.8 Å². The van der Waals surface area contributed by atoms with E-state index in [0.717, 1.165) is 0 Å². The third-order valence-electron chi connectivity index (χ3n) is 2.65. The van der Waals surface area contributed by atoms with E-state index >= 15 is 0 Å². The summed E-state index contributed by atoms with van der Waals surface area (Å²) in [5, 5.41) is 21.9. The Hall–Kier alpha value is -2.42.